The van der Waals surface area contributed by atoms with Gasteiger partial charge in [0, 0.05) is 25.6 Å². The largest absolute Gasteiger partial charge is 0.497 e. The summed E-state index contributed by atoms with van der Waals surface area (Å²) in [6.07, 6.45) is 4.85. The third kappa shape index (κ3) is 3.61. The normalized spacial score (nSPS) is 23.1. The van der Waals surface area contributed by atoms with Crippen LogP contribution < -0.4 is 15.2 Å². The molecule has 1 aliphatic carbocycles. The number of hydrogen-bond acceptors (Lipinski definition) is 4. The van der Waals surface area contributed by atoms with Crippen LogP contribution in [0.1, 0.15) is 31.2 Å². The fraction of sp³-hybridized carbons (Fsp3) is 0.600. The van der Waals surface area contributed by atoms with Crippen LogP contribution in [0.25, 0.3) is 0 Å². The quantitative estimate of drug-likeness (QED) is 0.888. The number of ether oxygens (including phenoxy) is 3. The molecule has 0 radical (unpaired) electrons. The van der Waals surface area contributed by atoms with Crippen molar-refractivity contribution < 1.29 is 14.2 Å². The Morgan fingerprint density at radius 1 is 1.21 bits per heavy atom. The lowest BCUT2D eigenvalue weighted by Crippen LogP contribution is -2.29. The Morgan fingerprint density at radius 3 is 2.68 bits per heavy atom. The van der Waals surface area contributed by atoms with Gasteiger partial charge >= 0.3 is 0 Å². The van der Waals surface area contributed by atoms with Gasteiger partial charge in [0.25, 0.3) is 0 Å². The second kappa shape index (κ2) is 6.78. The SMILES string of the molecule is COc1ccc(OC2CCCC(OC)C2)c(CN)c1. The average Bonchev–Trinajstić information content (AvgIpc) is 2.48. The Kier molecular flexibility index (Phi) is 5.05. The van der Waals surface area contributed by atoms with Gasteiger partial charge < -0.3 is 19.9 Å². The summed E-state index contributed by atoms with van der Waals surface area (Å²) in [7, 11) is 3.42. The molecule has 106 valence electrons. The lowest BCUT2D eigenvalue weighted by molar-refractivity contribution is 0.0206. The predicted molar refractivity (Wildman–Crippen MR) is 74.6 cm³/mol. The van der Waals surface area contributed by atoms with E-state index in [-0.39, 0.29) is 6.10 Å². The summed E-state index contributed by atoms with van der Waals surface area (Å²) >= 11 is 0. The van der Waals surface area contributed by atoms with Gasteiger partial charge in [-0.25, -0.2) is 0 Å². The minimum absolute atomic E-state index is 0.220. The second-order valence-electron chi connectivity index (χ2n) is 4.94. The zero-order valence-electron chi connectivity index (χ0n) is 11.7. The summed E-state index contributed by atoms with van der Waals surface area (Å²) in [6.45, 7) is 0.451. The molecule has 0 spiro atoms. The van der Waals surface area contributed by atoms with Crippen molar-refractivity contribution in [2.75, 3.05) is 14.2 Å². The fourth-order valence-electron chi connectivity index (χ4n) is 2.56. The van der Waals surface area contributed by atoms with Crippen LogP contribution in [-0.2, 0) is 11.3 Å². The minimum Gasteiger partial charge on any atom is -0.497 e. The van der Waals surface area contributed by atoms with E-state index in [1.165, 1.54) is 0 Å². The number of nitrogens with two attached hydrogens (primary N) is 1. The molecule has 0 amide bonds. The van der Waals surface area contributed by atoms with Crippen LogP contribution >= 0.6 is 0 Å². The van der Waals surface area contributed by atoms with Crippen molar-refractivity contribution in [1.82, 2.24) is 0 Å². The first-order chi connectivity index (χ1) is 9.26. The molecule has 0 saturated heterocycles. The first kappa shape index (κ1) is 14.2. The van der Waals surface area contributed by atoms with E-state index >= 15 is 0 Å². The highest BCUT2D eigenvalue weighted by Gasteiger charge is 2.23. The lowest BCUT2D eigenvalue weighted by atomic mass is 9.95. The molecule has 0 bridgehead atoms. The summed E-state index contributed by atoms with van der Waals surface area (Å²) in [5, 5.41) is 0. The van der Waals surface area contributed by atoms with Crippen LogP contribution in [0.4, 0.5) is 0 Å². The third-order valence-electron chi connectivity index (χ3n) is 3.69. The number of hydrogen-bond donors (Lipinski definition) is 1. The first-order valence-corrected chi connectivity index (χ1v) is 6.83. The van der Waals surface area contributed by atoms with E-state index in [2.05, 4.69) is 0 Å². The molecule has 1 fully saturated rings. The molecular weight excluding hydrogens is 242 g/mol. The fourth-order valence-corrected chi connectivity index (χ4v) is 2.56. The molecule has 4 heteroatoms. The van der Waals surface area contributed by atoms with Crippen molar-refractivity contribution in [3.05, 3.63) is 23.8 Å². The minimum atomic E-state index is 0.220. The lowest BCUT2D eigenvalue weighted by Gasteiger charge is -2.29. The maximum atomic E-state index is 6.09. The van der Waals surface area contributed by atoms with Crippen molar-refractivity contribution in [1.29, 1.82) is 0 Å². The van der Waals surface area contributed by atoms with Gasteiger partial charge in [0.05, 0.1) is 13.2 Å². The summed E-state index contributed by atoms with van der Waals surface area (Å²) < 4.78 is 16.7. The molecule has 0 heterocycles. The monoisotopic (exact) mass is 265 g/mol. The van der Waals surface area contributed by atoms with Gasteiger partial charge in [0.15, 0.2) is 0 Å². The van der Waals surface area contributed by atoms with Gasteiger partial charge in [0.2, 0.25) is 0 Å². The van der Waals surface area contributed by atoms with Gasteiger partial charge in [-0.2, -0.15) is 0 Å². The molecular formula is C15H23NO3. The van der Waals surface area contributed by atoms with Gasteiger partial charge in [-0.05, 0) is 37.5 Å². The Balaban J connectivity index is 2.05. The van der Waals surface area contributed by atoms with Crippen LogP contribution in [0.15, 0.2) is 18.2 Å². The van der Waals surface area contributed by atoms with Crippen LogP contribution in [-0.4, -0.2) is 26.4 Å². The molecule has 2 N–H and O–H groups in total. The molecule has 1 aromatic carbocycles. The Bertz CT molecular complexity index is 408. The van der Waals surface area contributed by atoms with E-state index in [1.54, 1.807) is 14.2 Å². The number of rotatable bonds is 5. The molecule has 4 nitrogen and oxygen atoms in total. The van der Waals surface area contributed by atoms with Crippen molar-refractivity contribution >= 4 is 0 Å². The van der Waals surface area contributed by atoms with E-state index in [0.29, 0.717) is 12.6 Å². The molecule has 1 aromatic rings. The zero-order chi connectivity index (χ0) is 13.7. The summed E-state index contributed by atoms with van der Waals surface area (Å²) in [4.78, 5) is 0. The predicted octanol–water partition coefficient (Wildman–Crippen LogP) is 2.49. The summed E-state index contributed by atoms with van der Waals surface area (Å²) in [5.74, 6) is 1.68. The highest BCUT2D eigenvalue weighted by atomic mass is 16.5. The highest BCUT2D eigenvalue weighted by Crippen LogP contribution is 2.29. The third-order valence-corrected chi connectivity index (χ3v) is 3.69. The van der Waals surface area contributed by atoms with E-state index in [4.69, 9.17) is 19.9 Å². The van der Waals surface area contributed by atoms with Crippen molar-refractivity contribution in [2.24, 2.45) is 5.73 Å². The van der Waals surface area contributed by atoms with Gasteiger partial charge in [-0.1, -0.05) is 0 Å². The summed E-state index contributed by atoms with van der Waals surface area (Å²) in [6, 6.07) is 5.79. The van der Waals surface area contributed by atoms with Crippen molar-refractivity contribution in [2.45, 2.75) is 44.4 Å². The van der Waals surface area contributed by atoms with Gasteiger partial charge in [-0.15, -0.1) is 0 Å². The summed E-state index contributed by atoms with van der Waals surface area (Å²) in [5.41, 5.74) is 6.76. The maximum absolute atomic E-state index is 6.09. The van der Waals surface area contributed by atoms with Crippen molar-refractivity contribution in [3.8, 4) is 11.5 Å². The average molecular weight is 265 g/mol. The smallest absolute Gasteiger partial charge is 0.124 e. The van der Waals surface area contributed by atoms with Crippen LogP contribution in [0.5, 0.6) is 11.5 Å². The molecule has 19 heavy (non-hydrogen) atoms. The zero-order valence-corrected chi connectivity index (χ0v) is 11.7. The van der Waals surface area contributed by atoms with E-state index in [9.17, 15) is 0 Å². The van der Waals surface area contributed by atoms with E-state index in [1.807, 2.05) is 18.2 Å². The Hall–Kier alpha value is -1.26. The van der Waals surface area contributed by atoms with E-state index < -0.39 is 0 Å². The molecule has 2 atom stereocenters. The maximum Gasteiger partial charge on any atom is 0.124 e. The van der Waals surface area contributed by atoms with Gasteiger partial charge in [-0.3, -0.25) is 0 Å². The first-order valence-electron chi connectivity index (χ1n) is 6.83. The molecule has 1 saturated carbocycles. The van der Waals surface area contributed by atoms with E-state index in [0.717, 1.165) is 42.7 Å². The molecule has 2 unspecified atom stereocenters. The van der Waals surface area contributed by atoms with Crippen LogP contribution in [0.2, 0.25) is 0 Å². The van der Waals surface area contributed by atoms with Crippen LogP contribution in [0, 0.1) is 0 Å². The Morgan fingerprint density at radius 2 is 2.00 bits per heavy atom. The number of methoxy groups -OCH3 is 2. The molecule has 0 aliphatic heterocycles. The molecule has 1 aliphatic rings. The number of benzene rings is 1. The molecule has 2 rings (SSSR count). The topological polar surface area (TPSA) is 53.7 Å². The second-order valence-corrected chi connectivity index (χ2v) is 4.94. The standard InChI is InChI=1S/C15H23NO3/c1-17-12-4-3-5-14(9-12)19-15-7-6-13(18-2)8-11(15)10-16/h6-8,12,14H,3-5,9-10,16H2,1-2H3. The van der Waals surface area contributed by atoms with Gasteiger partial charge in [0.1, 0.15) is 17.6 Å². The Labute approximate surface area is 114 Å². The highest BCUT2D eigenvalue weighted by molar-refractivity contribution is 5.40. The molecule has 0 aromatic heterocycles. The van der Waals surface area contributed by atoms with Crippen molar-refractivity contribution in [3.63, 3.8) is 0 Å². The van der Waals surface area contributed by atoms with Crippen LogP contribution in [0.3, 0.4) is 0 Å².